The van der Waals surface area contributed by atoms with Crippen molar-refractivity contribution in [3.05, 3.63) is 70.7 Å². The first-order chi connectivity index (χ1) is 11.7. The number of aromatic amines is 1. The largest absolute Gasteiger partial charge is 0.291 e. The van der Waals surface area contributed by atoms with Gasteiger partial charge in [-0.15, -0.1) is 11.3 Å². The summed E-state index contributed by atoms with van der Waals surface area (Å²) in [5.41, 5.74) is 5.63. The number of carbonyl (C=O) groups excluding carboxylic acids is 1. The Morgan fingerprint density at radius 1 is 1.25 bits per heavy atom. The number of thiophene rings is 1. The molecule has 0 bridgehead atoms. The molecule has 2 aromatic heterocycles. The highest BCUT2D eigenvalue weighted by Gasteiger charge is 2.10. The molecule has 0 radical (unpaired) electrons. The van der Waals surface area contributed by atoms with E-state index in [-0.39, 0.29) is 5.91 Å². The molecule has 2 heterocycles. The van der Waals surface area contributed by atoms with Gasteiger partial charge < -0.3 is 0 Å². The second-order valence-electron chi connectivity index (χ2n) is 5.14. The van der Waals surface area contributed by atoms with Gasteiger partial charge in [-0.2, -0.15) is 10.2 Å². The van der Waals surface area contributed by atoms with E-state index in [0.29, 0.717) is 5.69 Å². The number of nitrogens with one attached hydrogen (secondary N) is 2. The van der Waals surface area contributed by atoms with Gasteiger partial charge in [0, 0.05) is 0 Å². The number of benzene rings is 1. The number of H-pyrrole nitrogens is 1. The predicted octanol–water partition coefficient (Wildman–Crippen LogP) is 3.96. The maximum Gasteiger partial charge on any atom is 0.291 e. The van der Waals surface area contributed by atoms with Gasteiger partial charge in [-0.25, -0.2) is 5.43 Å². The minimum Gasteiger partial charge on any atom is -0.276 e. The maximum atomic E-state index is 12.0. The zero-order valence-electron chi connectivity index (χ0n) is 13.1. The van der Waals surface area contributed by atoms with Gasteiger partial charge >= 0.3 is 0 Å². The average Bonchev–Trinajstić information content (AvgIpc) is 3.27. The summed E-state index contributed by atoms with van der Waals surface area (Å²) in [5.74, 6) is -0.349. The Morgan fingerprint density at radius 2 is 2.08 bits per heavy atom. The van der Waals surface area contributed by atoms with E-state index in [1.165, 1.54) is 0 Å². The molecular weight excluding hydrogens is 320 g/mol. The first-order valence-electron chi connectivity index (χ1n) is 7.38. The van der Waals surface area contributed by atoms with Gasteiger partial charge in [0.2, 0.25) is 0 Å². The normalized spacial score (nSPS) is 11.8. The van der Waals surface area contributed by atoms with Crippen LogP contribution in [0.2, 0.25) is 0 Å². The molecule has 0 aliphatic carbocycles. The number of nitrogens with zero attached hydrogens (tertiary/aromatic N) is 2. The van der Waals surface area contributed by atoms with Crippen LogP contribution in [-0.2, 0) is 0 Å². The molecule has 1 aromatic carbocycles. The van der Waals surface area contributed by atoms with Crippen LogP contribution in [0.15, 0.2) is 64.6 Å². The minimum atomic E-state index is -0.349. The summed E-state index contributed by atoms with van der Waals surface area (Å²) in [4.78, 5) is 13.1. The topological polar surface area (TPSA) is 70.1 Å². The highest BCUT2D eigenvalue weighted by atomic mass is 32.1. The van der Waals surface area contributed by atoms with Crippen LogP contribution in [0.1, 0.15) is 23.0 Å². The van der Waals surface area contributed by atoms with Crippen molar-refractivity contribution in [3.8, 4) is 10.6 Å². The average molecular weight is 336 g/mol. The Bertz CT molecular complexity index is 864. The zero-order chi connectivity index (χ0) is 16.8. The second-order valence-corrected chi connectivity index (χ2v) is 6.09. The Hall–Kier alpha value is -2.99. The summed E-state index contributed by atoms with van der Waals surface area (Å²) < 4.78 is 0. The molecule has 24 heavy (non-hydrogen) atoms. The van der Waals surface area contributed by atoms with Gasteiger partial charge in [-0.1, -0.05) is 42.5 Å². The number of hydrazone groups is 1. The summed E-state index contributed by atoms with van der Waals surface area (Å²) >= 11 is 1.58. The summed E-state index contributed by atoms with van der Waals surface area (Å²) in [5, 5.41) is 12.8. The third-order valence-corrected chi connectivity index (χ3v) is 4.13. The van der Waals surface area contributed by atoms with Crippen molar-refractivity contribution in [1.82, 2.24) is 15.6 Å². The van der Waals surface area contributed by atoms with Crippen LogP contribution < -0.4 is 5.43 Å². The van der Waals surface area contributed by atoms with E-state index in [2.05, 4.69) is 20.7 Å². The minimum absolute atomic E-state index is 0.306. The molecular formula is C18H16N4OS. The lowest BCUT2D eigenvalue weighted by molar-refractivity contribution is 0.0950. The number of rotatable bonds is 5. The molecule has 0 atom stereocenters. The van der Waals surface area contributed by atoms with Crippen molar-refractivity contribution in [2.75, 3.05) is 0 Å². The van der Waals surface area contributed by atoms with Crippen LogP contribution in [-0.4, -0.2) is 22.3 Å². The Morgan fingerprint density at radius 3 is 2.83 bits per heavy atom. The van der Waals surface area contributed by atoms with Crippen LogP contribution in [0.3, 0.4) is 0 Å². The molecule has 2 N–H and O–H groups in total. The fourth-order valence-electron chi connectivity index (χ4n) is 2.10. The SMILES string of the molecule is C/C(C=NNC(=O)c1cc(-c2cccs2)[nH]n1)=C\c1ccccc1. The van der Waals surface area contributed by atoms with Gasteiger partial charge in [0.1, 0.15) is 0 Å². The molecule has 0 fully saturated rings. The fraction of sp³-hybridized carbons (Fsp3) is 0.0556. The van der Waals surface area contributed by atoms with Gasteiger partial charge in [0.05, 0.1) is 16.8 Å². The highest BCUT2D eigenvalue weighted by molar-refractivity contribution is 7.13. The van der Waals surface area contributed by atoms with Crippen molar-refractivity contribution in [2.24, 2.45) is 5.10 Å². The number of carbonyl (C=O) groups is 1. The van der Waals surface area contributed by atoms with Gasteiger partial charge in [-0.05, 0) is 35.6 Å². The number of allylic oxidation sites excluding steroid dienone is 1. The van der Waals surface area contributed by atoms with Gasteiger partial charge in [-0.3, -0.25) is 9.89 Å². The number of hydrogen-bond acceptors (Lipinski definition) is 4. The highest BCUT2D eigenvalue weighted by Crippen LogP contribution is 2.22. The molecule has 5 nitrogen and oxygen atoms in total. The quantitative estimate of drug-likeness (QED) is 0.547. The number of amides is 1. The number of aromatic nitrogens is 2. The Balaban J connectivity index is 1.60. The third kappa shape index (κ3) is 4.05. The van der Waals surface area contributed by atoms with E-state index in [1.54, 1.807) is 23.6 Å². The number of hydrogen-bond donors (Lipinski definition) is 2. The lowest BCUT2D eigenvalue weighted by atomic mass is 10.1. The molecule has 0 aliphatic rings. The van der Waals surface area contributed by atoms with Crippen molar-refractivity contribution < 1.29 is 4.79 Å². The molecule has 3 aromatic rings. The van der Waals surface area contributed by atoms with E-state index < -0.39 is 0 Å². The molecule has 0 saturated heterocycles. The second kappa shape index (κ2) is 7.52. The van der Waals surface area contributed by atoms with Crippen LogP contribution >= 0.6 is 11.3 Å². The Labute approximate surface area is 143 Å². The lowest BCUT2D eigenvalue weighted by Gasteiger charge is -1.96. The standard InChI is InChI=1S/C18H16N4OS/c1-13(10-14-6-3-2-4-7-14)12-19-22-18(23)16-11-15(20-21-16)17-8-5-9-24-17/h2-12H,1H3,(H,20,21)(H,22,23)/b13-10+,19-12?. The Kier molecular flexibility index (Phi) is 4.98. The molecule has 1 amide bonds. The van der Waals surface area contributed by atoms with Crippen molar-refractivity contribution >= 4 is 29.5 Å². The van der Waals surface area contributed by atoms with Crippen LogP contribution in [0.5, 0.6) is 0 Å². The molecule has 6 heteroatoms. The van der Waals surface area contributed by atoms with Crippen LogP contribution in [0.25, 0.3) is 16.6 Å². The first-order valence-corrected chi connectivity index (χ1v) is 8.26. The third-order valence-electron chi connectivity index (χ3n) is 3.23. The van der Waals surface area contributed by atoms with Crippen molar-refractivity contribution in [1.29, 1.82) is 0 Å². The van der Waals surface area contributed by atoms with Crippen molar-refractivity contribution in [3.63, 3.8) is 0 Å². The molecule has 0 saturated carbocycles. The van der Waals surface area contributed by atoms with Gasteiger partial charge in [0.25, 0.3) is 5.91 Å². The van der Waals surface area contributed by atoms with Crippen molar-refractivity contribution in [2.45, 2.75) is 6.92 Å². The summed E-state index contributed by atoms with van der Waals surface area (Å²) in [6.07, 6.45) is 3.59. The first kappa shape index (κ1) is 15.9. The molecule has 0 spiro atoms. The van der Waals surface area contributed by atoms with Gasteiger partial charge in [0.15, 0.2) is 5.69 Å². The smallest absolute Gasteiger partial charge is 0.276 e. The molecule has 0 unspecified atom stereocenters. The van der Waals surface area contributed by atoms with Crippen LogP contribution in [0, 0.1) is 0 Å². The lowest BCUT2D eigenvalue weighted by Crippen LogP contribution is -2.17. The van der Waals surface area contributed by atoms with E-state index in [1.807, 2.05) is 60.8 Å². The van der Waals surface area contributed by atoms with E-state index in [9.17, 15) is 4.79 Å². The molecule has 3 rings (SSSR count). The van der Waals surface area contributed by atoms with E-state index in [0.717, 1.165) is 21.7 Å². The van der Waals surface area contributed by atoms with E-state index >= 15 is 0 Å². The summed E-state index contributed by atoms with van der Waals surface area (Å²) in [6.45, 7) is 1.92. The van der Waals surface area contributed by atoms with E-state index in [4.69, 9.17) is 0 Å². The monoisotopic (exact) mass is 336 g/mol. The summed E-state index contributed by atoms with van der Waals surface area (Å²) in [6, 6.07) is 15.6. The maximum absolute atomic E-state index is 12.0. The predicted molar refractivity (Wildman–Crippen MR) is 98.0 cm³/mol. The summed E-state index contributed by atoms with van der Waals surface area (Å²) in [7, 11) is 0. The van der Waals surface area contributed by atoms with Crippen LogP contribution in [0.4, 0.5) is 0 Å². The fourth-order valence-corrected chi connectivity index (χ4v) is 2.79. The molecule has 0 aliphatic heterocycles. The zero-order valence-corrected chi connectivity index (χ0v) is 13.9. The molecule has 120 valence electrons.